The molecule has 6 nitrogen and oxygen atoms in total. The number of hydrogen-bond donors (Lipinski definition) is 1. The second kappa shape index (κ2) is 8.40. The number of hydrogen-bond acceptors (Lipinski definition) is 4. The minimum atomic E-state index is -5.02. The van der Waals surface area contributed by atoms with Gasteiger partial charge in [-0.1, -0.05) is 18.2 Å². The van der Waals surface area contributed by atoms with Crippen molar-refractivity contribution in [3.05, 3.63) is 65.9 Å². The van der Waals surface area contributed by atoms with E-state index in [9.17, 15) is 27.6 Å². The maximum absolute atomic E-state index is 12.9. The highest BCUT2D eigenvalue weighted by Crippen LogP contribution is 2.28. The van der Waals surface area contributed by atoms with Crippen LogP contribution in [-0.2, 0) is 16.1 Å². The zero-order chi connectivity index (χ0) is 21.9. The monoisotopic (exact) mass is 418 g/mol. The van der Waals surface area contributed by atoms with Gasteiger partial charge in [0.2, 0.25) is 5.91 Å². The number of Topliss-reactive ketones (excluding diaryl/α,β-unsaturated/α-hetero) is 1. The summed E-state index contributed by atoms with van der Waals surface area (Å²) in [5.41, 5.74) is 0.542. The molecule has 0 unspecified atom stereocenters. The number of aromatic nitrogens is 1. The first-order valence-electron chi connectivity index (χ1n) is 8.97. The fourth-order valence-electron chi connectivity index (χ4n) is 2.97. The molecule has 0 spiro atoms. The standard InChI is InChI=1S/C21H17F3N2O4/c1-2-30-20(29)13-7-9-14(10-8-13)25-18(27)12-26-11-16(19(28)21(22,23)24)15-5-3-4-6-17(15)26/h3-11H,2,12H2,1H3,(H,25,27). The first-order chi connectivity index (χ1) is 14.2. The summed E-state index contributed by atoms with van der Waals surface area (Å²) in [5.74, 6) is -2.96. The Hall–Kier alpha value is -3.62. The van der Waals surface area contributed by atoms with E-state index >= 15 is 0 Å². The van der Waals surface area contributed by atoms with Gasteiger partial charge in [-0.25, -0.2) is 4.79 Å². The minimum absolute atomic E-state index is 0.117. The van der Waals surface area contributed by atoms with Crippen molar-refractivity contribution < 1.29 is 32.3 Å². The molecule has 3 rings (SSSR count). The third-order valence-electron chi connectivity index (χ3n) is 4.28. The molecule has 0 fully saturated rings. The van der Waals surface area contributed by atoms with Gasteiger partial charge in [-0.05, 0) is 37.3 Å². The molecule has 0 saturated heterocycles. The lowest BCUT2D eigenvalue weighted by Crippen LogP contribution is -2.22. The molecule has 0 aliphatic rings. The summed E-state index contributed by atoms with van der Waals surface area (Å²) in [6.45, 7) is 1.62. The van der Waals surface area contributed by atoms with Crippen LogP contribution in [0.2, 0.25) is 0 Å². The van der Waals surface area contributed by atoms with Gasteiger partial charge >= 0.3 is 12.1 Å². The van der Waals surface area contributed by atoms with Gasteiger partial charge in [0, 0.05) is 22.8 Å². The normalized spacial score (nSPS) is 11.3. The number of nitrogens with one attached hydrogen (secondary N) is 1. The Morgan fingerprint density at radius 2 is 1.70 bits per heavy atom. The summed E-state index contributed by atoms with van der Waals surface area (Å²) in [4.78, 5) is 35.8. The number of fused-ring (bicyclic) bond motifs is 1. The first kappa shape index (κ1) is 21.1. The van der Waals surface area contributed by atoms with Crippen molar-refractivity contribution in [2.24, 2.45) is 0 Å². The number of rotatable bonds is 6. The van der Waals surface area contributed by atoms with E-state index in [1.807, 2.05) is 0 Å². The van der Waals surface area contributed by atoms with Gasteiger partial charge in [0.25, 0.3) is 5.78 Å². The van der Waals surface area contributed by atoms with Gasteiger partial charge in [-0.15, -0.1) is 0 Å². The number of carbonyl (C=O) groups excluding carboxylic acids is 3. The van der Waals surface area contributed by atoms with Crippen LogP contribution in [0.15, 0.2) is 54.7 Å². The van der Waals surface area contributed by atoms with Crippen LogP contribution < -0.4 is 5.32 Å². The highest BCUT2D eigenvalue weighted by atomic mass is 19.4. The molecule has 1 heterocycles. The highest BCUT2D eigenvalue weighted by molar-refractivity contribution is 6.11. The number of alkyl halides is 3. The molecule has 2 aromatic carbocycles. The van der Waals surface area contributed by atoms with Gasteiger partial charge in [0.1, 0.15) is 6.54 Å². The van der Waals surface area contributed by atoms with E-state index in [-0.39, 0.29) is 18.5 Å². The number of carbonyl (C=O) groups is 3. The van der Waals surface area contributed by atoms with Crippen LogP contribution in [-0.4, -0.2) is 35.0 Å². The zero-order valence-corrected chi connectivity index (χ0v) is 15.8. The molecule has 0 saturated carbocycles. The molecule has 1 aromatic heterocycles. The number of anilines is 1. The number of esters is 1. The molecule has 0 aliphatic heterocycles. The predicted molar refractivity (Wildman–Crippen MR) is 103 cm³/mol. The van der Waals surface area contributed by atoms with Crippen LogP contribution in [0.4, 0.5) is 18.9 Å². The fraction of sp³-hybridized carbons (Fsp3) is 0.190. The van der Waals surface area contributed by atoms with Crippen LogP contribution in [0.1, 0.15) is 27.6 Å². The summed E-state index contributed by atoms with van der Waals surface area (Å²) >= 11 is 0. The van der Waals surface area contributed by atoms with Gasteiger partial charge in [-0.3, -0.25) is 9.59 Å². The fourth-order valence-corrected chi connectivity index (χ4v) is 2.97. The Labute approximate surface area is 169 Å². The van der Waals surface area contributed by atoms with E-state index in [2.05, 4.69) is 5.32 Å². The molecule has 1 N–H and O–H groups in total. The third kappa shape index (κ3) is 4.51. The summed E-state index contributed by atoms with van der Waals surface area (Å²) < 4.78 is 44.8. The van der Waals surface area contributed by atoms with Crippen LogP contribution in [0.25, 0.3) is 10.9 Å². The zero-order valence-electron chi connectivity index (χ0n) is 15.8. The number of nitrogens with zero attached hydrogens (tertiary/aromatic N) is 1. The average Bonchev–Trinajstić information content (AvgIpc) is 3.05. The van der Waals surface area contributed by atoms with Gasteiger partial charge in [0.05, 0.1) is 17.7 Å². The van der Waals surface area contributed by atoms with Crippen molar-refractivity contribution in [3.63, 3.8) is 0 Å². The Balaban J connectivity index is 1.79. The SMILES string of the molecule is CCOC(=O)c1ccc(NC(=O)Cn2cc(C(=O)C(F)(F)F)c3ccccc32)cc1. The van der Waals surface area contributed by atoms with Gasteiger partial charge in [0.15, 0.2) is 0 Å². The van der Waals surface area contributed by atoms with Gasteiger partial charge < -0.3 is 14.6 Å². The second-order valence-electron chi connectivity index (χ2n) is 6.36. The van der Waals surface area contributed by atoms with Crippen LogP contribution >= 0.6 is 0 Å². The molecule has 30 heavy (non-hydrogen) atoms. The van der Waals surface area contributed by atoms with E-state index < -0.39 is 29.4 Å². The molecule has 0 atom stereocenters. The molecule has 0 radical (unpaired) electrons. The van der Waals surface area contributed by atoms with Crippen molar-refractivity contribution in [1.29, 1.82) is 0 Å². The quantitative estimate of drug-likeness (QED) is 0.481. The summed E-state index contributed by atoms with van der Waals surface area (Å²) in [6.07, 6.45) is -3.98. The summed E-state index contributed by atoms with van der Waals surface area (Å²) in [7, 11) is 0. The molecular weight excluding hydrogens is 401 g/mol. The Bertz CT molecular complexity index is 1100. The molecule has 156 valence electrons. The lowest BCUT2D eigenvalue weighted by atomic mass is 10.1. The van der Waals surface area contributed by atoms with Crippen molar-refractivity contribution >= 4 is 34.3 Å². The minimum Gasteiger partial charge on any atom is -0.462 e. The van der Waals surface area contributed by atoms with E-state index in [0.29, 0.717) is 16.8 Å². The molecule has 0 aliphatic carbocycles. The number of amides is 1. The third-order valence-corrected chi connectivity index (χ3v) is 4.28. The molecule has 3 aromatic rings. The number of para-hydroxylation sites is 1. The van der Waals surface area contributed by atoms with Crippen molar-refractivity contribution in [2.75, 3.05) is 11.9 Å². The molecule has 9 heteroatoms. The lowest BCUT2D eigenvalue weighted by molar-refractivity contribution is -0.116. The number of halogens is 3. The Morgan fingerprint density at radius 1 is 1.03 bits per heavy atom. The predicted octanol–water partition coefficient (Wildman–Crippen LogP) is 4.20. The first-order valence-corrected chi connectivity index (χ1v) is 8.97. The highest BCUT2D eigenvalue weighted by Gasteiger charge is 2.40. The Morgan fingerprint density at radius 3 is 2.33 bits per heavy atom. The van der Waals surface area contributed by atoms with E-state index in [0.717, 1.165) is 6.20 Å². The van der Waals surface area contributed by atoms with E-state index in [4.69, 9.17) is 4.74 Å². The summed E-state index contributed by atoms with van der Waals surface area (Å²) in [5, 5.41) is 2.72. The van der Waals surface area contributed by atoms with Crippen LogP contribution in [0, 0.1) is 0 Å². The molecule has 1 amide bonds. The van der Waals surface area contributed by atoms with Crippen LogP contribution in [0.5, 0.6) is 0 Å². The molecular formula is C21H17F3N2O4. The lowest BCUT2D eigenvalue weighted by Gasteiger charge is -2.08. The number of ether oxygens (including phenoxy) is 1. The topological polar surface area (TPSA) is 77.4 Å². The van der Waals surface area contributed by atoms with E-state index in [1.165, 1.54) is 47.0 Å². The maximum atomic E-state index is 12.9. The maximum Gasteiger partial charge on any atom is 0.454 e. The summed E-state index contributed by atoms with van der Waals surface area (Å²) in [6, 6.07) is 12.0. The van der Waals surface area contributed by atoms with Crippen molar-refractivity contribution in [1.82, 2.24) is 4.57 Å². The molecule has 0 bridgehead atoms. The van der Waals surface area contributed by atoms with Crippen LogP contribution in [0.3, 0.4) is 0 Å². The number of ketones is 1. The Kier molecular flexibility index (Phi) is 5.91. The van der Waals surface area contributed by atoms with Gasteiger partial charge in [-0.2, -0.15) is 13.2 Å². The second-order valence-corrected chi connectivity index (χ2v) is 6.36. The van der Waals surface area contributed by atoms with E-state index in [1.54, 1.807) is 13.0 Å². The average molecular weight is 418 g/mol. The smallest absolute Gasteiger partial charge is 0.454 e. The number of benzene rings is 2. The van der Waals surface area contributed by atoms with Crippen molar-refractivity contribution in [2.45, 2.75) is 19.6 Å². The van der Waals surface area contributed by atoms with Crippen molar-refractivity contribution in [3.8, 4) is 0 Å². The largest absolute Gasteiger partial charge is 0.462 e.